The fourth-order valence-electron chi connectivity index (χ4n) is 5.73. The van der Waals surface area contributed by atoms with E-state index in [2.05, 4.69) is 42.7 Å². The van der Waals surface area contributed by atoms with Gasteiger partial charge in [-0.3, -0.25) is 14.6 Å². The van der Waals surface area contributed by atoms with Crippen molar-refractivity contribution < 1.29 is 14.3 Å². The molecule has 4 fully saturated rings. The molecule has 9 nitrogen and oxygen atoms in total. The van der Waals surface area contributed by atoms with Crippen LogP contribution in [0.1, 0.15) is 19.3 Å². The standard InChI is InChI=1S/C28H31ClFN7O2S/c1-36-20-12-21(36)15-37(14-20)19-8-16(9-19)27(39)33-26-11-18(4-5-31-26)32-25-13-24(34-35-28(25)40-7-6-38)22-10-17(29)2-3-23(22)30/h2-5,10-11,13,16,19-21,38H,6-9,12,14-15H2,1H3,(H2,31,32,33,34,39). The van der Waals surface area contributed by atoms with E-state index in [9.17, 15) is 14.3 Å². The van der Waals surface area contributed by atoms with E-state index >= 15 is 0 Å². The van der Waals surface area contributed by atoms with Crippen LogP contribution >= 0.6 is 23.4 Å². The lowest BCUT2D eigenvalue weighted by molar-refractivity contribution is -0.128. The Morgan fingerprint density at radius 1 is 1.12 bits per heavy atom. The van der Waals surface area contributed by atoms with Gasteiger partial charge in [0.1, 0.15) is 16.7 Å². The topological polar surface area (TPSA) is 107 Å². The van der Waals surface area contributed by atoms with Crippen molar-refractivity contribution in [1.29, 1.82) is 0 Å². The maximum Gasteiger partial charge on any atom is 0.228 e. The first-order valence-corrected chi connectivity index (χ1v) is 14.8. The van der Waals surface area contributed by atoms with Crippen LogP contribution in [0.2, 0.25) is 5.02 Å². The van der Waals surface area contributed by atoms with E-state index in [1.807, 2.05) is 0 Å². The molecule has 1 amide bonds. The number of carbonyl (C=O) groups is 1. The molecule has 3 aromatic rings. The van der Waals surface area contributed by atoms with Gasteiger partial charge in [-0.1, -0.05) is 11.6 Å². The molecule has 2 aromatic heterocycles. The molecule has 4 aliphatic rings. The van der Waals surface area contributed by atoms with Gasteiger partial charge in [0.05, 0.1) is 18.0 Å². The second-order valence-electron chi connectivity index (χ2n) is 10.7. The summed E-state index contributed by atoms with van der Waals surface area (Å²) in [5.74, 6) is 0.386. The molecule has 7 rings (SSSR count). The van der Waals surface area contributed by atoms with Crippen molar-refractivity contribution in [1.82, 2.24) is 25.0 Å². The number of halogens is 2. The number of benzene rings is 1. The number of aromatic nitrogens is 3. The predicted molar refractivity (Wildman–Crippen MR) is 154 cm³/mol. The number of anilines is 3. The molecule has 3 aliphatic heterocycles. The third kappa shape index (κ3) is 5.66. The number of amides is 1. The van der Waals surface area contributed by atoms with Crippen LogP contribution in [0.5, 0.6) is 0 Å². The summed E-state index contributed by atoms with van der Waals surface area (Å²) in [4.78, 5) is 22.3. The van der Waals surface area contributed by atoms with E-state index in [4.69, 9.17) is 11.6 Å². The highest BCUT2D eigenvalue weighted by molar-refractivity contribution is 7.99. The van der Waals surface area contributed by atoms with E-state index in [1.54, 1.807) is 24.4 Å². The smallest absolute Gasteiger partial charge is 0.228 e. The molecular weight excluding hydrogens is 553 g/mol. The molecule has 0 radical (unpaired) electrons. The van der Waals surface area contributed by atoms with Crippen molar-refractivity contribution in [3.8, 4) is 11.3 Å². The number of rotatable bonds is 9. The van der Waals surface area contributed by atoms with Crippen LogP contribution in [0.25, 0.3) is 11.3 Å². The number of piperidine rings is 1. The molecule has 2 atom stereocenters. The molecule has 2 unspecified atom stereocenters. The van der Waals surface area contributed by atoms with Gasteiger partial charge < -0.3 is 15.7 Å². The van der Waals surface area contributed by atoms with Gasteiger partial charge >= 0.3 is 0 Å². The number of aliphatic hydroxyl groups is 1. The average molecular weight is 584 g/mol. The Morgan fingerprint density at radius 2 is 1.93 bits per heavy atom. The number of carbonyl (C=O) groups excluding carboxylic acids is 1. The summed E-state index contributed by atoms with van der Waals surface area (Å²) in [7, 11) is 2.21. The molecule has 0 spiro atoms. The molecule has 5 heterocycles. The number of fused-ring (bicyclic) bond motifs is 2. The summed E-state index contributed by atoms with van der Waals surface area (Å²) >= 11 is 7.41. The molecule has 1 aromatic carbocycles. The van der Waals surface area contributed by atoms with Gasteiger partial charge in [-0.2, -0.15) is 0 Å². The van der Waals surface area contributed by atoms with E-state index in [-0.39, 0.29) is 24.0 Å². The Labute approximate surface area is 241 Å². The zero-order chi connectivity index (χ0) is 27.8. The highest BCUT2D eigenvalue weighted by Gasteiger charge is 2.47. The van der Waals surface area contributed by atoms with Crippen LogP contribution in [0.4, 0.5) is 21.6 Å². The van der Waals surface area contributed by atoms with Crippen molar-refractivity contribution in [2.24, 2.45) is 5.92 Å². The first-order chi connectivity index (χ1) is 19.4. The second kappa shape index (κ2) is 11.6. The number of hydrogen-bond acceptors (Lipinski definition) is 9. The molecule has 2 bridgehead atoms. The molecule has 40 heavy (non-hydrogen) atoms. The largest absolute Gasteiger partial charge is 0.396 e. The van der Waals surface area contributed by atoms with Crippen LogP contribution in [0.3, 0.4) is 0 Å². The van der Waals surface area contributed by atoms with E-state index in [0.717, 1.165) is 25.9 Å². The molecule has 210 valence electrons. The van der Waals surface area contributed by atoms with Crippen LogP contribution in [-0.4, -0.2) is 86.6 Å². The molecule has 1 saturated carbocycles. The summed E-state index contributed by atoms with van der Waals surface area (Å²) in [6.45, 7) is 2.19. The minimum absolute atomic E-state index is 0.0105. The first-order valence-electron chi connectivity index (χ1n) is 13.4. The monoisotopic (exact) mass is 583 g/mol. The zero-order valence-corrected chi connectivity index (χ0v) is 23.6. The first kappa shape index (κ1) is 27.3. The van der Waals surface area contributed by atoms with Crippen LogP contribution in [0, 0.1) is 11.7 Å². The van der Waals surface area contributed by atoms with Gasteiger partial charge in [0.15, 0.2) is 0 Å². The Hall–Kier alpha value is -2.83. The van der Waals surface area contributed by atoms with Crippen LogP contribution in [-0.2, 0) is 4.79 Å². The van der Waals surface area contributed by atoms with Gasteiger partial charge in [0.2, 0.25) is 5.91 Å². The quantitative estimate of drug-likeness (QED) is 0.318. The molecule has 12 heteroatoms. The second-order valence-corrected chi connectivity index (χ2v) is 12.2. The Morgan fingerprint density at radius 3 is 2.67 bits per heavy atom. The maximum absolute atomic E-state index is 14.5. The molecule has 1 aliphatic carbocycles. The molecular formula is C28H31ClFN7O2S. The summed E-state index contributed by atoms with van der Waals surface area (Å²) in [6.07, 6.45) is 4.67. The lowest BCUT2D eigenvalue weighted by atomic mass is 9.76. The van der Waals surface area contributed by atoms with Crippen LogP contribution < -0.4 is 10.6 Å². The molecule has 3 N–H and O–H groups in total. The van der Waals surface area contributed by atoms with Crippen molar-refractivity contribution in [3.63, 3.8) is 0 Å². The van der Waals surface area contributed by atoms with Crippen molar-refractivity contribution in [2.45, 2.75) is 42.4 Å². The highest BCUT2D eigenvalue weighted by atomic mass is 35.5. The lowest BCUT2D eigenvalue weighted by Gasteiger charge is -2.58. The van der Waals surface area contributed by atoms with Gasteiger partial charge in [0, 0.05) is 71.4 Å². The fraction of sp³-hybridized carbons (Fsp3) is 0.429. The van der Waals surface area contributed by atoms with Crippen molar-refractivity contribution in [3.05, 3.63) is 53.4 Å². The van der Waals surface area contributed by atoms with Gasteiger partial charge in [-0.25, -0.2) is 9.37 Å². The van der Waals surface area contributed by atoms with Crippen molar-refractivity contribution in [2.75, 3.05) is 43.1 Å². The third-order valence-electron chi connectivity index (χ3n) is 8.17. The number of likely N-dealkylation sites (N-methyl/N-ethyl adjacent to an activating group) is 1. The highest BCUT2D eigenvalue weighted by Crippen LogP contribution is 2.39. The Balaban J connectivity index is 1.12. The summed E-state index contributed by atoms with van der Waals surface area (Å²) in [5.41, 5.74) is 1.80. The third-order valence-corrected chi connectivity index (χ3v) is 9.37. The number of nitrogens with zero attached hydrogens (tertiary/aromatic N) is 5. The zero-order valence-electron chi connectivity index (χ0n) is 22.1. The summed E-state index contributed by atoms with van der Waals surface area (Å²) < 4.78 is 14.5. The van der Waals surface area contributed by atoms with Gasteiger partial charge in [0.25, 0.3) is 0 Å². The number of piperazine rings is 1. The Bertz CT molecular complexity index is 1400. The maximum atomic E-state index is 14.5. The average Bonchev–Trinajstić information content (AvgIpc) is 2.93. The number of thioether (sulfide) groups is 1. The predicted octanol–water partition coefficient (Wildman–Crippen LogP) is 4.26. The lowest BCUT2D eigenvalue weighted by Crippen LogP contribution is -2.69. The fourth-order valence-corrected chi connectivity index (χ4v) is 6.55. The number of pyridine rings is 1. The minimum atomic E-state index is -0.461. The SMILES string of the molecule is CN1C2CC1CN(C1CC(C(=O)Nc3cc(Nc4cc(-c5cc(Cl)ccc5F)nnc4SCCO)ccn3)C1)C2. The number of aliphatic hydroxyl groups excluding tert-OH is 1. The number of hydrogen-bond donors (Lipinski definition) is 3. The minimum Gasteiger partial charge on any atom is -0.396 e. The van der Waals surface area contributed by atoms with E-state index in [0.29, 0.717) is 56.8 Å². The van der Waals surface area contributed by atoms with E-state index in [1.165, 1.54) is 36.4 Å². The normalized spacial score (nSPS) is 24.2. The number of nitrogens with one attached hydrogen (secondary N) is 2. The van der Waals surface area contributed by atoms with Crippen molar-refractivity contribution >= 4 is 46.5 Å². The van der Waals surface area contributed by atoms with Crippen LogP contribution in [0.15, 0.2) is 47.6 Å². The Kier molecular flexibility index (Phi) is 7.91. The summed E-state index contributed by atoms with van der Waals surface area (Å²) in [6, 6.07) is 11.3. The summed E-state index contributed by atoms with van der Waals surface area (Å²) in [5, 5.41) is 25.0. The van der Waals surface area contributed by atoms with E-state index < -0.39 is 5.82 Å². The molecule has 3 saturated heterocycles. The van der Waals surface area contributed by atoms with Gasteiger partial charge in [-0.05, 0) is 56.6 Å². The van der Waals surface area contributed by atoms with Gasteiger partial charge in [-0.15, -0.1) is 22.0 Å².